The monoisotopic (exact) mass is 492 g/mol. The summed E-state index contributed by atoms with van der Waals surface area (Å²) in [5.41, 5.74) is 1.93. The third kappa shape index (κ3) is 5.17. The summed E-state index contributed by atoms with van der Waals surface area (Å²) in [5, 5.41) is 3.17. The van der Waals surface area contributed by atoms with Crippen LogP contribution in [-0.2, 0) is 4.79 Å². The van der Waals surface area contributed by atoms with Crippen molar-refractivity contribution in [1.82, 2.24) is 5.32 Å². The van der Waals surface area contributed by atoms with Gasteiger partial charge in [-0.05, 0) is 67.3 Å². The SMILES string of the molecule is COc1ccc([C@@H](C(=O)NC2CCCC2)N(C(=O)c2ccco2)c2cc(C)ccc2OC)cc1OC. The van der Waals surface area contributed by atoms with Crippen LogP contribution in [0.2, 0.25) is 0 Å². The number of aryl methyl sites for hydroxylation is 1. The third-order valence-electron chi connectivity index (χ3n) is 6.48. The number of ether oxygens (including phenoxy) is 3. The van der Waals surface area contributed by atoms with Gasteiger partial charge in [0.2, 0.25) is 5.91 Å². The van der Waals surface area contributed by atoms with E-state index in [0.29, 0.717) is 28.5 Å². The van der Waals surface area contributed by atoms with Crippen LogP contribution in [0.3, 0.4) is 0 Å². The summed E-state index contributed by atoms with van der Waals surface area (Å²) in [6.07, 6.45) is 5.37. The van der Waals surface area contributed by atoms with E-state index in [2.05, 4.69) is 5.32 Å². The number of nitrogens with zero attached hydrogens (tertiary/aromatic N) is 1. The van der Waals surface area contributed by atoms with Crippen molar-refractivity contribution in [2.24, 2.45) is 0 Å². The molecule has 1 fully saturated rings. The zero-order chi connectivity index (χ0) is 25.7. The molecule has 1 heterocycles. The Hall–Kier alpha value is -3.94. The largest absolute Gasteiger partial charge is 0.495 e. The number of nitrogens with one attached hydrogen (secondary N) is 1. The van der Waals surface area contributed by atoms with Crippen molar-refractivity contribution in [2.45, 2.75) is 44.7 Å². The van der Waals surface area contributed by atoms with Crippen LogP contribution in [-0.4, -0.2) is 39.2 Å². The number of hydrogen-bond acceptors (Lipinski definition) is 6. The number of carbonyl (C=O) groups is 2. The number of carbonyl (C=O) groups excluding carboxylic acids is 2. The van der Waals surface area contributed by atoms with Gasteiger partial charge in [-0.15, -0.1) is 0 Å². The maximum atomic E-state index is 14.0. The Balaban J connectivity index is 1.91. The van der Waals surface area contributed by atoms with Crippen molar-refractivity contribution in [3.05, 3.63) is 71.7 Å². The average Bonchev–Trinajstić information content (AvgIpc) is 3.61. The standard InChI is InChI=1S/C28H32N2O6/c1-18-11-13-22(33-2)21(16-18)30(28(32)24-10-7-15-36-24)26(27(31)29-20-8-5-6-9-20)19-12-14-23(34-3)25(17-19)35-4/h7,10-17,20,26H,5-6,8-9H2,1-4H3,(H,29,31)/t26-/m0/s1. The van der Waals surface area contributed by atoms with E-state index in [0.717, 1.165) is 31.2 Å². The van der Waals surface area contributed by atoms with Crippen molar-refractivity contribution >= 4 is 17.5 Å². The molecule has 1 aliphatic carbocycles. The predicted octanol–water partition coefficient (Wildman–Crippen LogP) is 5.06. The second kappa shape index (κ2) is 11.2. The molecule has 4 rings (SSSR count). The maximum Gasteiger partial charge on any atom is 0.295 e. The summed E-state index contributed by atoms with van der Waals surface area (Å²) in [5.74, 6) is 0.781. The van der Waals surface area contributed by atoms with Crippen molar-refractivity contribution in [2.75, 3.05) is 26.2 Å². The van der Waals surface area contributed by atoms with Crippen molar-refractivity contribution in [3.8, 4) is 17.2 Å². The van der Waals surface area contributed by atoms with Crippen molar-refractivity contribution in [3.63, 3.8) is 0 Å². The Labute approximate surface area is 211 Å². The first-order chi connectivity index (χ1) is 17.5. The summed E-state index contributed by atoms with van der Waals surface area (Å²) in [4.78, 5) is 29.4. The van der Waals surface area contributed by atoms with Crippen molar-refractivity contribution in [1.29, 1.82) is 0 Å². The highest BCUT2D eigenvalue weighted by atomic mass is 16.5. The van der Waals surface area contributed by atoms with Crippen LogP contribution in [0.5, 0.6) is 17.2 Å². The molecule has 36 heavy (non-hydrogen) atoms. The minimum Gasteiger partial charge on any atom is -0.495 e. The lowest BCUT2D eigenvalue weighted by molar-refractivity contribution is -0.123. The molecule has 1 N–H and O–H groups in total. The van der Waals surface area contributed by atoms with Gasteiger partial charge in [-0.25, -0.2) is 0 Å². The molecular formula is C28H32N2O6. The molecular weight excluding hydrogens is 460 g/mol. The molecule has 1 aromatic heterocycles. The average molecular weight is 493 g/mol. The second-order valence-electron chi connectivity index (χ2n) is 8.83. The Morgan fingerprint density at radius 1 is 0.944 bits per heavy atom. The smallest absolute Gasteiger partial charge is 0.295 e. The van der Waals surface area contributed by atoms with E-state index in [9.17, 15) is 9.59 Å². The van der Waals surface area contributed by atoms with E-state index in [4.69, 9.17) is 18.6 Å². The number of benzene rings is 2. The van der Waals surface area contributed by atoms with Gasteiger partial charge in [0.15, 0.2) is 17.3 Å². The van der Waals surface area contributed by atoms with Crippen LogP contribution in [0.4, 0.5) is 5.69 Å². The Kier molecular flexibility index (Phi) is 7.83. The minimum atomic E-state index is -1.03. The van der Waals surface area contributed by atoms with Gasteiger partial charge in [0, 0.05) is 6.04 Å². The summed E-state index contributed by atoms with van der Waals surface area (Å²) in [6.45, 7) is 1.92. The molecule has 2 aromatic carbocycles. The summed E-state index contributed by atoms with van der Waals surface area (Å²) >= 11 is 0. The quantitative estimate of drug-likeness (QED) is 0.449. The number of amides is 2. The lowest BCUT2D eigenvalue weighted by atomic mass is 10.0. The second-order valence-corrected chi connectivity index (χ2v) is 8.83. The molecule has 0 radical (unpaired) electrons. The van der Waals surface area contributed by atoms with Gasteiger partial charge in [-0.1, -0.05) is 25.0 Å². The summed E-state index contributed by atoms with van der Waals surface area (Å²) in [7, 11) is 4.62. The first-order valence-corrected chi connectivity index (χ1v) is 12.0. The van der Waals surface area contributed by atoms with Crippen LogP contribution in [0, 0.1) is 6.92 Å². The molecule has 0 aliphatic heterocycles. The molecule has 2 amide bonds. The van der Waals surface area contributed by atoms with Crippen LogP contribution in [0.15, 0.2) is 59.2 Å². The van der Waals surface area contributed by atoms with E-state index in [1.165, 1.54) is 25.4 Å². The highest BCUT2D eigenvalue weighted by Gasteiger charge is 2.37. The zero-order valence-corrected chi connectivity index (χ0v) is 21.1. The molecule has 3 aromatic rings. The normalized spacial score (nSPS) is 14.2. The zero-order valence-electron chi connectivity index (χ0n) is 21.1. The predicted molar refractivity (Wildman–Crippen MR) is 136 cm³/mol. The van der Waals surface area contributed by atoms with Crippen LogP contribution in [0.1, 0.15) is 53.4 Å². The van der Waals surface area contributed by atoms with Gasteiger partial charge < -0.3 is 23.9 Å². The highest BCUT2D eigenvalue weighted by Crippen LogP contribution is 2.39. The molecule has 1 saturated carbocycles. The van der Waals surface area contributed by atoms with Gasteiger partial charge in [-0.3, -0.25) is 14.5 Å². The van der Waals surface area contributed by atoms with Gasteiger partial charge >= 0.3 is 0 Å². The van der Waals surface area contributed by atoms with E-state index < -0.39 is 11.9 Å². The van der Waals surface area contributed by atoms with Crippen molar-refractivity contribution < 1.29 is 28.2 Å². The molecule has 8 heteroatoms. The Bertz CT molecular complexity index is 1200. The molecule has 0 saturated heterocycles. The Morgan fingerprint density at radius 2 is 1.64 bits per heavy atom. The summed E-state index contributed by atoms with van der Waals surface area (Å²) < 4.78 is 22.0. The van der Waals surface area contributed by atoms with Gasteiger partial charge in [0.25, 0.3) is 5.91 Å². The van der Waals surface area contributed by atoms with E-state index in [-0.39, 0.29) is 17.7 Å². The van der Waals surface area contributed by atoms with E-state index >= 15 is 0 Å². The fraction of sp³-hybridized carbons (Fsp3) is 0.357. The molecule has 0 bridgehead atoms. The molecule has 1 atom stereocenters. The molecule has 190 valence electrons. The first-order valence-electron chi connectivity index (χ1n) is 12.0. The van der Waals surface area contributed by atoms with Gasteiger partial charge in [-0.2, -0.15) is 0 Å². The lowest BCUT2D eigenvalue weighted by Crippen LogP contribution is -2.46. The van der Waals surface area contributed by atoms with E-state index in [1.807, 2.05) is 19.1 Å². The fourth-order valence-electron chi connectivity index (χ4n) is 4.66. The van der Waals surface area contributed by atoms with Gasteiger partial charge in [0.1, 0.15) is 11.8 Å². The number of methoxy groups -OCH3 is 3. The fourth-order valence-corrected chi connectivity index (χ4v) is 4.66. The van der Waals surface area contributed by atoms with Crippen LogP contribution >= 0.6 is 0 Å². The van der Waals surface area contributed by atoms with Gasteiger partial charge in [0.05, 0.1) is 33.3 Å². The number of rotatable bonds is 9. The minimum absolute atomic E-state index is 0.0557. The molecule has 1 aliphatic rings. The highest BCUT2D eigenvalue weighted by molar-refractivity contribution is 6.09. The number of hydrogen-bond donors (Lipinski definition) is 1. The maximum absolute atomic E-state index is 14.0. The molecule has 8 nitrogen and oxygen atoms in total. The van der Waals surface area contributed by atoms with Crippen LogP contribution in [0.25, 0.3) is 0 Å². The Morgan fingerprint density at radius 3 is 2.28 bits per heavy atom. The summed E-state index contributed by atoms with van der Waals surface area (Å²) in [6, 6.07) is 13.0. The first kappa shape index (κ1) is 25.2. The lowest BCUT2D eigenvalue weighted by Gasteiger charge is -2.33. The molecule has 0 spiro atoms. The van der Waals surface area contributed by atoms with E-state index in [1.54, 1.807) is 43.5 Å². The molecule has 0 unspecified atom stereocenters. The van der Waals surface area contributed by atoms with Crippen LogP contribution < -0.4 is 24.4 Å². The number of anilines is 1. The third-order valence-corrected chi connectivity index (χ3v) is 6.48. The topological polar surface area (TPSA) is 90.2 Å². The number of furan rings is 1.